The van der Waals surface area contributed by atoms with Crippen molar-refractivity contribution in [2.24, 2.45) is 5.84 Å². The van der Waals surface area contributed by atoms with Crippen molar-refractivity contribution in [2.75, 3.05) is 12.0 Å². The van der Waals surface area contributed by atoms with Crippen LogP contribution in [-0.2, 0) is 0 Å². The molecule has 0 radical (unpaired) electrons. The first kappa shape index (κ1) is 10.5. The lowest BCUT2D eigenvalue weighted by Gasteiger charge is -2.07. The van der Waals surface area contributed by atoms with Crippen LogP contribution in [0.1, 0.15) is 12.0 Å². The fraction of sp³-hybridized carbons (Fsp3) is 0.333. The van der Waals surface area contributed by atoms with E-state index in [9.17, 15) is 0 Å². The Hall–Kier alpha value is -1.62. The van der Waals surface area contributed by atoms with Gasteiger partial charge in [-0.3, -0.25) is 5.43 Å². The molecule has 0 unspecified atom stereocenters. The monoisotopic (exact) mass is 194 g/mol. The molecule has 1 rings (SSSR count). The lowest BCUT2D eigenvalue weighted by Crippen LogP contribution is -2.11. The quantitative estimate of drug-likeness (QED) is 0.317. The van der Waals surface area contributed by atoms with E-state index in [1.54, 1.807) is 12.3 Å². The molecule has 1 heterocycles. The second-order valence-electron chi connectivity index (χ2n) is 2.75. The normalized spacial score (nSPS) is 9.57. The molecule has 0 aliphatic rings. The highest BCUT2D eigenvalue weighted by atomic mass is 16.5. The van der Waals surface area contributed by atoms with Gasteiger partial charge in [-0.25, -0.2) is 10.8 Å². The van der Waals surface area contributed by atoms with Crippen molar-refractivity contribution in [1.82, 2.24) is 9.97 Å². The van der Waals surface area contributed by atoms with Gasteiger partial charge >= 0.3 is 0 Å². The molecule has 0 saturated carbocycles. The zero-order chi connectivity index (χ0) is 10.4. The molecule has 0 atom stereocenters. The number of nitrogen functional groups attached to an aromatic ring is 1. The van der Waals surface area contributed by atoms with Crippen molar-refractivity contribution < 1.29 is 4.74 Å². The van der Waals surface area contributed by atoms with Gasteiger partial charge in [-0.1, -0.05) is 6.08 Å². The van der Waals surface area contributed by atoms with Gasteiger partial charge in [0.1, 0.15) is 0 Å². The zero-order valence-electron chi connectivity index (χ0n) is 8.16. The van der Waals surface area contributed by atoms with Crippen LogP contribution in [0.15, 0.2) is 18.9 Å². The molecule has 0 aliphatic carbocycles. The molecule has 76 valence electrons. The van der Waals surface area contributed by atoms with E-state index < -0.39 is 0 Å². The Morgan fingerprint density at radius 3 is 3.14 bits per heavy atom. The lowest BCUT2D eigenvalue weighted by molar-refractivity contribution is 0.310. The predicted molar refractivity (Wildman–Crippen MR) is 54.9 cm³/mol. The first-order chi connectivity index (χ1) is 6.77. The molecular weight excluding hydrogens is 180 g/mol. The van der Waals surface area contributed by atoms with E-state index in [2.05, 4.69) is 22.0 Å². The first-order valence-corrected chi connectivity index (χ1v) is 4.32. The molecule has 5 heteroatoms. The van der Waals surface area contributed by atoms with Crippen molar-refractivity contribution in [2.45, 2.75) is 13.3 Å². The summed E-state index contributed by atoms with van der Waals surface area (Å²) in [5.74, 6) is 6.08. The van der Waals surface area contributed by atoms with Crippen LogP contribution in [0, 0.1) is 6.92 Å². The summed E-state index contributed by atoms with van der Waals surface area (Å²) in [6, 6.07) is 0. The van der Waals surface area contributed by atoms with Crippen LogP contribution >= 0.6 is 0 Å². The number of hydrogen-bond donors (Lipinski definition) is 2. The van der Waals surface area contributed by atoms with Gasteiger partial charge in [-0.05, 0) is 13.3 Å². The van der Waals surface area contributed by atoms with Crippen LogP contribution in [0.4, 0.5) is 5.95 Å². The number of hydrogen-bond acceptors (Lipinski definition) is 5. The van der Waals surface area contributed by atoms with Gasteiger partial charge in [-0.2, -0.15) is 4.98 Å². The summed E-state index contributed by atoms with van der Waals surface area (Å²) >= 11 is 0. The zero-order valence-corrected chi connectivity index (χ0v) is 8.16. The minimum Gasteiger partial charge on any atom is -0.477 e. The fourth-order valence-corrected chi connectivity index (χ4v) is 0.881. The van der Waals surface area contributed by atoms with Crippen LogP contribution < -0.4 is 16.0 Å². The number of nitrogens with one attached hydrogen (secondary N) is 1. The van der Waals surface area contributed by atoms with E-state index in [0.29, 0.717) is 18.4 Å². The Morgan fingerprint density at radius 2 is 2.50 bits per heavy atom. The van der Waals surface area contributed by atoms with E-state index in [1.165, 1.54) is 0 Å². The summed E-state index contributed by atoms with van der Waals surface area (Å²) in [7, 11) is 0. The van der Waals surface area contributed by atoms with Gasteiger partial charge in [0.2, 0.25) is 11.8 Å². The molecule has 3 N–H and O–H groups in total. The number of anilines is 1. The lowest BCUT2D eigenvalue weighted by atomic mass is 10.4. The van der Waals surface area contributed by atoms with Crippen LogP contribution in [0.25, 0.3) is 0 Å². The van der Waals surface area contributed by atoms with Crippen LogP contribution in [-0.4, -0.2) is 16.6 Å². The third kappa shape index (κ3) is 2.70. The standard InChI is InChI=1S/C9H14N4O/c1-3-4-5-14-8-7(2)6-11-9(12-8)13-10/h3,6H,1,4-5,10H2,2H3,(H,11,12,13). The number of nitrogens with two attached hydrogens (primary N) is 1. The Morgan fingerprint density at radius 1 is 1.71 bits per heavy atom. The second-order valence-corrected chi connectivity index (χ2v) is 2.75. The maximum atomic E-state index is 5.40. The van der Waals surface area contributed by atoms with Gasteiger partial charge in [0, 0.05) is 11.8 Å². The van der Waals surface area contributed by atoms with Crippen molar-refractivity contribution in [3.8, 4) is 5.88 Å². The molecule has 5 nitrogen and oxygen atoms in total. The molecule has 0 spiro atoms. The summed E-state index contributed by atoms with van der Waals surface area (Å²) in [5, 5.41) is 0. The van der Waals surface area contributed by atoms with Crippen LogP contribution in [0.3, 0.4) is 0 Å². The highest BCUT2D eigenvalue weighted by molar-refractivity contribution is 5.31. The summed E-state index contributed by atoms with van der Waals surface area (Å²) in [5.41, 5.74) is 3.25. The SMILES string of the molecule is C=CCCOc1nc(NN)ncc1C. The summed E-state index contributed by atoms with van der Waals surface area (Å²) in [4.78, 5) is 8.00. The molecule has 0 bridgehead atoms. The first-order valence-electron chi connectivity index (χ1n) is 4.32. The Bertz CT molecular complexity index is 314. The number of ether oxygens (including phenoxy) is 1. The van der Waals surface area contributed by atoms with Gasteiger partial charge < -0.3 is 4.74 Å². The molecule has 14 heavy (non-hydrogen) atoms. The highest BCUT2D eigenvalue weighted by Gasteiger charge is 2.02. The fourth-order valence-electron chi connectivity index (χ4n) is 0.881. The van der Waals surface area contributed by atoms with Crippen molar-refractivity contribution in [3.63, 3.8) is 0 Å². The van der Waals surface area contributed by atoms with Crippen molar-refractivity contribution in [1.29, 1.82) is 0 Å². The maximum Gasteiger partial charge on any atom is 0.240 e. The molecule has 0 fully saturated rings. The van der Waals surface area contributed by atoms with E-state index in [4.69, 9.17) is 10.6 Å². The number of aryl methyl sites for hydroxylation is 1. The predicted octanol–water partition coefficient (Wildman–Crippen LogP) is 1.03. The molecule has 0 amide bonds. The van der Waals surface area contributed by atoms with Crippen LogP contribution in [0.2, 0.25) is 0 Å². The third-order valence-corrected chi connectivity index (χ3v) is 1.62. The van der Waals surface area contributed by atoms with Gasteiger partial charge in [0.15, 0.2) is 0 Å². The van der Waals surface area contributed by atoms with Crippen molar-refractivity contribution in [3.05, 3.63) is 24.4 Å². The molecule has 0 aromatic carbocycles. The molecule has 0 aliphatic heterocycles. The molecular formula is C9H14N4O. The third-order valence-electron chi connectivity index (χ3n) is 1.62. The van der Waals surface area contributed by atoms with Gasteiger partial charge in [0.05, 0.1) is 6.61 Å². The summed E-state index contributed by atoms with van der Waals surface area (Å²) < 4.78 is 5.40. The van der Waals surface area contributed by atoms with Gasteiger partial charge in [0.25, 0.3) is 0 Å². The number of rotatable bonds is 5. The van der Waals surface area contributed by atoms with E-state index in [-0.39, 0.29) is 0 Å². The Balaban J connectivity index is 2.68. The molecule has 1 aromatic rings. The van der Waals surface area contributed by atoms with Crippen LogP contribution in [0.5, 0.6) is 5.88 Å². The van der Waals surface area contributed by atoms with Crippen molar-refractivity contribution >= 4 is 5.95 Å². The average molecular weight is 194 g/mol. The number of aromatic nitrogens is 2. The van der Waals surface area contributed by atoms with E-state index in [0.717, 1.165) is 12.0 Å². The second kappa shape index (κ2) is 5.18. The smallest absolute Gasteiger partial charge is 0.240 e. The average Bonchev–Trinajstić information content (AvgIpc) is 2.21. The number of hydrazine groups is 1. The minimum absolute atomic E-state index is 0.351. The van der Waals surface area contributed by atoms with Gasteiger partial charge in [-0.15, -0.1) is 6.58 Å². The molecule has 0 saturated heterocycles. The maximum absolute atomic E-state index is 5.40. The largest absolute Gasteiger partial charge is 0.477 e. The summed E-state index contributed by atoms with van der Waals surface area (Å²) in [6.07, 6.45) is 4.24. The topological polar surface area (TPSA) is 73.1 Å². The minimum atomic E-state index is 0.351. The molecule has 1 aromatic heterocycles. The highest BCUT2D eigenvalue weighted by Crippen LogP contribution is 2.14. The number of nitrogens with zero attached hydrogens (tertiary/aromatic N) is 2. The van der Waals surface area contributed by atoms with E-state index >= 15 is 0 Å². The summed E-state index contributed by atoms with van der Waals surface area (Å²) in [6.45, 7) is 6.04. The Kier molecular flexibility index (Phi) is 3.87. The van der Waals surface area contributed by atoms with E-state index in [1.807, 2.05) is 6.92 Å². The Labute approximate surface area is 83.0 Å².